The average molecular weight is 329 g/mol. The molecule has 0 heterocycles. The first-order chi connectivity index (χ1) is 11.8. The van der Waals surface area contributed by atoms with E-state index in [1.807, 2.05) is 0 Å². The second-order valence-electron chi connectivity index (χ2n) is 7.83. The molecule has 0 saturated heterocycles. The van der Waals surface area contributed by atoms with Crippen LogP contribution in [0.4, 0.5) is 5.69 Å². The smallest absolute Gasteiger partial charge is 0.0320 e. The van der Waals surface area contributed by atoms with Crippen LogP contribution in [0.1, 0.15) is 49.9 Å². The minimum absolute atomic E-state index is 0.0990. The summed E-state index contributed by atoms with van der Waals surface area (Å²) < 4.78 is 0. The molecule has 1 nitrogen and oxygen atoms in total. The molecule has 3 aromatic carbocycles. The molecule has 3 aromatic rings. The lowest BCUT2D eigenvalue weighted by molar-refractivity contribution is 0.618. The maximum atomic E-state index is 6.31. The standard InChI is InChI=1S/C24H27N/c1-23(2,18-11-7-5-8-12-18)20-15-21(17-22(25)16-20)24(3,4)19-13-9-6-10-14-19/h5-17H,25H2,1-4H3. The summed E-state index contributed by atoms with van der Waals surface area (Å²) in [5.41, 5.74) is 12.0. The lowest BCUT2D eigenvalue weighted by Gasteiger charge is -2.31. The van der Waals surface area contributed by atoms with Gasteiger partial charge >= 0.3 is 0 Å². The van der Waals surface area contributed by atoms with E-state index in [-0.39, 0.29) is 10.8 Å². The number of benzene rings is 3. The maximum absolute atomic E-state index is 6.31. The SMILES string of the molecule is CC(C)(c1ccccc1)c1cc(N)cc(C(C)(C)c2ccccc2)c1. The van der Waals surface area contributed by atoms with E-state index in [4.69, 9.17) is 5.73 Å². The summed E-state index contributed by atoms with van der Waals surface area (Å²) in [6, 6.07) is 27.8. The van der Waals surface area contributed by atoms with Crippen molar-refractivity contribution in [1.29, 1.82) is 0 Å². The van der Waals surface area contributed by atoms with Crippen molar-refractivity contribution in [2.24, 2.45) is 0 Å². The number of hydrogen-bond donors (Lipinski definition) is 1. The van der Waals surface area contributed by atoms with E-state index in [0.29, 0.717) is 0 Å². The molecule has 3 rings (SSSR count). The van der Waals surface area contributed by atoms with Gasteiger partial charge in [-0.3, -0.25) is 0 Å². The van der Waals surface area contributed by atoms with Crippen molar-refractivity contribution in [2.45, 2.75) is 38.5 Å². The Morgan fingerprint density at radius 3 is 1.24 bits per heavy atom. The highest BCUT2D eigenvalue weighted by Gasteiger charge is 2.28. The van der Waals surface area contributed by atoms with Crippen molar-refractivity contribution in [1.82, 2.24) is 0 Å². The van der Waals surface area contributed by atoms with Crippen molar-refractivity contribution in [3.8, 4) is 0 Å². The third kappa shape index (κ3) is 3.32. The Bertz CT molecular complexity index is 776. The molecule has 0 saturated carbocycles. The Morgan fingerprint density at radius 2 is 0.880 bits per heavy atom. The number of anilines is 1. The quantitative estimate of drug-likeness (QED) is 0.591. The van der Waals surface area contributed by atoms with Crippen LogP contribution in [-0.4, -0.2) is 0 Å². The molecule has 0 aliphatic carbocycles. The van der Waals surface area contributed by atoms with Gasteiger partial charge in [0.2, 0.25) is 0 Å². The van der Waals surface area contributed by atoms with E-state index in [9.17, 15) is 0 Å². The lowest BCUT2D eigenvalue weighted by Crippen LogP contribution is -2.23. The van der Waals surface area contributed by atoms with Gasteiger partial charge in [0, 0.05) is 16.5 Å². The normalized spacial score (nSPS) is 12.2. The van der Waals surface area contributed by atoms with E-state index >= 15 is 0 Å². The van der Waals surface area contributed by atoms with Gasteiger partial charge in [0.15, 0.2) is 0 Å². The molecule has 25 heavy (non-hydrogen) atoms. The summed E-state index contributed by atoms with van der Waals surface area (Å²) in [6.45, 7) is 9.04. The van der Waals surface area contributed by atoms with Crippen LogP contribution in [0.15, 0.2) is 78.9 Å². The fraction of sp³-hybridized carbons (Fsp3) is 0.250. The van der Waals surface area contributed by atoms with Crippen molar-refractivity contribution in [3.05, 3.63) is 101 Å². The van der Waals surface area contributed by atoms with Crippen molar-refractivity contribution in [2.75, 3.05) is 5.73 Å². The van der Waals surface area contributed by atoms with Gasteiger partial charge in [0.05, 0.1) is 0 Å². The van der Waals surface area contributed by atoms with E-state index in [1.54, 1.807) is 0 Å². The molecule has 0 fully saturated rings. The molecule has 0 amide bonds. The first kappa shape index (κ1) is 17.3. The Morgan fingerprint density at radius 1 is 0.520 bits per heavy atom. The third-order valence-corrected chi connectivity index (χ3v) is 5.39. The van der Waals surface area contributed by atoms with E-state index < -0.39 is 0 Å². The first-order valence-electron chi connectivity index (χ1n) is 8.84. The van der Waals surface area contributed by atoms with Crippen molar-refractivity contribution in [3.63, 3.8) is 0 Å². The second kappa shape index (κ2) is 6.40. The largest absolute Gasteiger partial charge is 0.399 e. The predicted octanol–water partition coefficient (Wildman–Crippen LogP) is 5.92. The number of nitrogen functional groups attached to an aromatic ring is 1. The Labute approximate surface area is 151 Å². The fourth-order valence-corrected chi connectivity index (χ4v) is 3.42. The van der Waals surface area contributed by atoms with Gasteiger partial charge < -0.3 is 5.73 Å². The van der Waals surface area contributed by atoms with Crippen LogP contribution in [0.2, 0.25) is 0 Å². The molecule has 1 heteroatoms. The van der Waals surface area contributed by atoms with Crippen LogP contribution in [0.5, 0.6) is 0 Å². The molecule has 0 bridgehead atoms. The molecular formula is C24H27N. The van der Waals surface area contributed by atoms with Gasteiger partial charge in [-0.1, -0.05) is 94.4 Å². The van der Waals surface area contributed by atoms with Crippen molar-refractivity contribution < 1.29 is 0 Å². The van der Waals surface area contributed by atoms with Gasteiger partial charge in [0.25, 0.3) is 0 Å². The second-order valence-corrected chi connectivity index (χ2v) is 7.83. The number of nitrogens with two attached hydrogens (primary N) is 1. The highest BCUT2D eigenvalue weighted by atomic mass is 14.5. The molecule has 0 atom stereocenters. The molecule has 0 radical (unpaired) electrons. The van der Waals surface area contributed by atoms with Crippen LogP contribution < -0.4 is 5.73 Å². The van der Waals surface area contributed by atoms with Crippen LogP contribution in [0.3, 0.4) is 0 Å². The summed E-state index contributed by atoms with van der Waals surface area (Å²) in [5.74, 6) is 0. The van der Waals surface area contributed by atoms with Crippen LogP contribution in [-0.2, 0) is 10.8 Å². The summed E-state index contributed by atoms with van der Waals surface area (Å²) >= 11 is 0. The number of hydrogen-bond acceptors (Lipinski definition) is 1. The summed E-state index contributed by atoms with van der Waals surface area (Å²) in [4.78, 5) is 0. The van der Waals surface area contributed by atoms with E-state index in [1.165, 1.54) is 22.3 Å². The van der Waals surface area contributed by atoms with Gasteiger partial charge in [-0.2, -0.15) is 0 Å². The molecule has 0 unspecified atom stereocenters. The highest BCUT2D eigenvalue weighted by Crippen LogP contribution is 2.38. The van der Waals surface area contributed by atoms with Crippen LogP contribution in [0.25, 0.3) is 0 Å². The van der Waals surface area contributed by atoms with Crippen LogP contribution >= 0.6 is 0 Å². The molecule has 128 valence electrons. The minimum Gasteiger partial charge on any atom is -0.399 e. The molecule has 2 N–H and O–H groups in total. The molecule has 0 spiro atoms. The minimum atomic E-state index is -0.0990. The monoisotopic (exact) mass is 329 g/mol. The van der Waals surface area contributed by atoms with E-state index in [0.717, 1.165) is 5.69 Å². The Kier molecular flexibility index (Phi) is 4.43. The topological polar surface area (TPSA) is 26.0 Å². The lowest BCUT2D eigenvalue weighted by atomic mass is 9.73. The number of rotatable bonds is 4. The maximum Gasteiger partial charge on any atom is 0.0320 e. The zero-order valence-electron chi connectivity index (χ0n) is 15.6. The molecular weight excluding hydrogens is 302 g/mol. The van der Waals surface area contributed by atoms with Gasteiger partial charge in [-0.05, 0) is 34.4 Å². The van der Waals surface area contributed by atoms with E-state index in [2.05, 4.69) is 107 Å². The Balaban J connectivity index is 2.10. The summed E-state index contributed by atoms with van der Waals surface area (Å²) in [5, 5.41) is 0. The first-order valence-corrected chi connectivity index (χ1v) is 8.84. The Hall–Kier alpha value is -2.54. The third-order valence-electron chi connectivity index (χ3n) is 5.39. The summed E-state index contributed by atoms with van der Waals surface area (Å²) in [6.07, 6.45) is 0. The zero-order chi connectivity index (χ0) is 18.1. The van der Waals surface area contributed by atoms with Gasteiger partial charge in [-0.15, -0.1) is 0 Å². The molecule has 0 aliphatic rings. The zero-order valence-corrected chi connectivity index (χ0v) is 15.6. The highest BCUT2D eigenvalue weighted by molar-refractivity contribution is 5.53. The molecule has 0 aliphatic heterocycles. The fourth-order valence-electron chi connectivity index (χ4n) is 3.42. The molecule has 0 aromatic heterocycles. The predicted molar refractivity (Wildman–Crippen MR) is 108 cm³/mol. The summed E-state index contributed by atoms with van der Waals surface area (Å²) in [7, 11) is 0. The average Bonchev–Trinajstić information content (AvgIpc) is 2.62. The van der Waals surface area contributed by atoms with Crippen LogP contribution in [0, 0.1) is 0 Å². The van der Waals surface area contributed by atoms with Gasteiger partial charge in [0.1, 0.15) is 0 Å². The van der Waals surface area contributed by atoms with Gasteiger partial charge in [-0.25, -0.2) is 0 Å². The van der Waals surface area contributed by atoms with Crippen molar-refractivity contribution >= 4 is 5.69 Å².